The minimum atomic E-state index is 0.597. The Hall–Kier alpha value is -2.10. The van der Waals surface area contributed by atoms with Crippen LogP contribution in [0.2, 0.25) is 0 Å². The molecule has 0 aliphatic carbocycles. The Morgan fingerprint density at radius 2 is 1.74 bits per heavy atom. The normalized spacial score (nSPS) is 10.4. The van der Waals surface area contributed by atoms with Crippen LogP contribution in [0, 0.1) is 27.7 Å². The maximum absolute atomic E-state index is 5.88. The Morgan fingerprint density at radius 1 is 1.00 bits per heavy atom. The number of nitrogens with zero attached hydrogens (tertiary/aromatic N) is 2. The van der Waals surface area contributed by atoms with Crippen molar-refractivity contribution in [3.63, 3.8) is 0 Å². The molecule has 1 aromatic heterocycles. The van der Waals surface area contributed by atoms with E-state index in [1.54, 1.807) is 0 Å². The van der Waals surface area contributed by atoms with Crippen molar-refractivity contribution in [2.75, 3.05) is 12.4 Å². The fraction of sp³-hybridized carbons (Fsp3) is 0.333. The van der Waals surface area contributed by atoms with E-state index in [-0.39, 0.29) is 0 Å². The first kappa shape index (κ1) is 13.3. The predicted octanol–water partition coefficient (Wildman–Crippen LogP) is 3.54. The number of ether oxygens (including phenoxy) is 1. The smallest absolute Gasteiger partial charge is 0.227 e. The minimum Gasteiger partial charge on any atom is -0.439 e. The topological polar surface area (TPSA) is 47.0 Å². The molecule has 0 atom stereocenters. The Balaban J connectivity index is 2.37. The second kappa shape index (κ2) is 5.26. The molecule has 1 N–H and O–H groups in total. The summed E-state index contributed by atoms with van der Waals surface area (Å²) in [5, 5.41) is 3.05. The molecule has 2 aromatic rings. The summed E-state index contributed by atoms with van der Waals surface area (Å²) in [5.74, 6) is 2.88. The summed E-state index contributed by atoms with van der Waals surface area (Å²) in [6.45, 7) is 7.95. The van der Waals surface area contributed by atoms with E-state index in [2.05, 4.69) is 29.1 Å². The Kier molecular flexibility index (Phi) is 3.69. The van der Waals surface area contributed by atoms with Gasteiger partial charge in [-0.15, -0.1) is 0 Å². The maximum atomic E-state index is 5.88. The van der Waals surface area contributed by atoms with Gasteiger partial charge >= 0.3 is 0 Å². The van der Waals surface area contributed by atoms with E-state index < -0.39 is 0 Å². The highest BCUT2D eigenvalue weighted by Crippen LogP contribution is 2.27. The van der Waals surface area contributed by atoms with E-state index in [4.69, 9.17) is 4.74 Å². The van der Waals surface area contributed by atoms with Crippen LogP contribution in [0.1, 0.15) is 22.5 Å². The molecule has 1 aromatic carbocycles. The van der Waals surface area contributed by atoms with Crippen molar-refractivity contribution in [3.05, 3.63) is 40.7 Å². The molecular formula is C15H19N3O. The Morgan fingerprint density at radius 3 is 2.37 bits per heavy atom. The maximum Gasteiger partial charge on any atom is 0.227 e. The van der Waals surface area contributed by atoms with Gasteiger partial charge in [0, 0.05) is 7.05 Å². The first-order valence-corrected chi connectivity index (χ1v) is 6.29. The lowest BCUT2D eigenvalue weighted by Gasteiger charge is -2.12. The SMILES string of the molecule is CNc1nc(C)nc(Oc2ccc(C)c(C)c2)c1C. The largest absolute Gasteiger partial charge is 0.439 e. The standard InChI is InChI=1S/C15H19N3O/c1-9-6-7-13(8-10(9)2)19-15-11(3)14(16-5)17-12(4)18-15/h6-8H,1-5H3,(H,16,17,18). The lowest BCUT2D eigenvalue weighted by atomic mass is 10.1. The number of aromatic nitrogens is 2. The van der Waals surface area contributed by atoms with E-state index in [1.807, 2.05) is 39.1 Å². The van der Waals surface area contributed by atoms with Crippen molar-refractivity contribution < 1.29 is 4.74 Å². The zero-order valence-corrected chi connectivity index (χ0v) is 12.0. The molecule has 0 spiro atoms. The predicted molar refractivity (Wildman–Crippen MR) is 77.0 cm³/mol. The molecule has 0 saturated heterocycles. The molecule has 0 fully saturated rings. The fourth-order valence-electron chi connectivity index (χ4n) is 1.83. The van der Waals surface area contributed by atoms with Crippen molar-refractivity contribution in [3.8, 4) is 11.6 Å². The van der Waals surface area contributed by atoms with Crippen LogP contribution in [-0.2, 0) is 0 Å². The van der Waals surface area contributed by atoms with Crippen molar-refractivity contribution in [2.24, 2.45) is 0 Å². The van der Waals surface area contributed by atoms with Gasteiger partial charge in [0.15, 0.2) is 0 Å². The fourth-order valence-corrected chi connectivity index (χ4v) is 1.83. The molecule has 4 nitrogen and oxygen atoms in total. The van der Waals surface area contributed by atoms with Crippen molar-refractivity contribution in [1.29, 1.82) is 0 Å². The average molecular weight is 257 g/mol. The van der Waals surface area contributed by atoms with Gasteiger partial charge in [0.25, 0.3) is 0 Å². The summed E-state index contributed by atoms with van der Waals surface area (Å²) >= 11 is 0. The highest BCUT2D eigenvalue weighted by molar-refractivity contribution is 5.49. The number of nitrogens with one attached hydrogen (secondary N) is 1. The van der Waals surface area contributed by atoms with Crippen LogP contribution in [0.3, 0.4) is 0 Å². The summed E-state index contributed by atoms with van der Waals surface area (Å²) in [7, 11) is 1.84. The number of hydrogen-bond donors (Lipinski definition) is 1. The average Bonchev–Trinajstić information content (AvgIpc) is 2.37. The van der Waals surface area contributed by atoms with Gasteiger partial charge in [-0.3, -0.25) is 0 Å². The van der Waals surface area contributed by atoms with Crippen molar-refractivity contribution >= 4 is 5.82 Å². The molecule has 100 valence electrons. The van der Waals surface area contributed by atoms with Gasteiger partial charge in [0.1, 0.15) is 17.4 Å². The highest BCUT2D eigenvalue weighted by Gasteiger charge is 2.10. The first-order chi connectivity index (χ1) is 9.01. The van der Waals surface area contributed by atoms with Crippen LogP contribution in [-0.4, -0.2) is 17.0 Å². The van der Waals surface area contributed by atoms with Crippen LogP contribution in [0.4, 0.5) is 5.82 Å². The number of benzene rings is 1. The Labute approximate surface area is 113 Å². The monoisotopic (exact) mass is 257 g/mol. The lowest BCUT2D eigenvalue weighted by molar-refractivity contribution is 0.455. The third-order valence-corrected chi connectivity index (χ3v) is 3.14. The number of hydrogen-bond acceptors (Lipinski definition) is 4. The van der Waals surface area contributed by atoms with E-state index in [0.717, 1.165) is 17.1 Å². The van der Waals surface area contributed by atoms with Crippen LogP contribution in [0.25, 0.3) is 0 Å². The van der Waals surface area contributed by atoms with Gasteiger partial charge in [-0.25, -0.2) is 4.98 Å². The summed E-state index contributed by atoms with van der Waals surface area (Å²) in [6, 6.07) is 6.02. The first-order valence-electron chi connectivity index (χ1n) is 6.29. The van der Waals surface area contributed by atoms with E-state index in [9.17, 15) is 0 Å². The summed E-state index contributed by atoms with van der Waals surface area (Å²) in [4.78, 5) is 8.68. The van der Waals surface area contributed by atoms with Crippen LogP contribution in [0.15, 0.2) is 18.2 Å². The van der Waals surface area contributed by atoms with Gasteiger partial charge in [-0.1, -0.05) is 6.07 Å². The minimum absolute atomic E-state index is 0.597. The molecular weight excluding hydrogens is 238 g/mol. The Bertz CT molecular complexity index is 609. The molecule has 2 rings (SSSR count). The van der Waals surface area contributed by atoms with E-state index >= 15 is 0 Å². The second-order valence-corrected chi connectivity index (χ2v) is 4.65. The summed E-state index contributed by atoms with van der Waals surface area (Å²) in [6.07, 6.45) is 0. The molecule has 19 heavy (non-hydrogen) atoms. The molecule has 1 heterocycles. The zero-order valence-electron chi connectivity index (χ0n) is 12.0. The zero-order chi connectivity index (χ0) is 14.0. The van der Waals surface area contributed by atoms with Gasteiger partial charge in [0.2, 0.25) is 5.88 Å². The highest BCUT2D eigenvalue weighted by atomic mass is 16.5. The molecule has 0 amide bonds. The van der Waals surface area contributed by atoms with Crippen LogP contribution in [0.5, 0.6) is 11.6 Å². The molecule has 0 bridgehead atoms. The van der Waals surface area contributed by atoms with Crippen molar-refractivity contribution in [1.82, 2.24) is 9.97 Å². The van der Waals surface area contributed by atoms with Gasteiger partial charge in [-0.05, 0) is 51.0 Å². The van der Waals surface area contributed by atoms with Crippen LogP contribution >= 0.6 is 0 Å². The van der Waals surface area contributed by atoms with Gasteiger partial charge in [0.05, 0.1) is 5.56 Å². The van der Waals surface area contributed by atoms with Gasteiger partial charge < -0.3 is 10.1 Å². The molecule has 0 radical (unpaired) electrons. The number of aryl methyl sites for hydroxylation is 3. The summed E-state index contributed by atoms with van der Waals surface area (Å²) < 4.78 is 5.88. The number of rotatable bonds is 3. The molecule has 0 aliphatic rings. The lowest BCUT2D eigenvalue weighted by Crippen LogP contribution is -2.03. The van der Waals surface area contributed by atoms with E-state index in [0.29, 0.717) is 11.7 Å². The number of anilines is 1. The van der Waals surface area contributed by atoms with Crippen molar-refractivity contribution in [2.45, 2.75) is 27.7 Å². The van der Waals surface area contributed by atoms with Gasteiger partial charge in [-0.2, -0.15) is 4.98 Å². The third-order valence-electron chi connectivity index (χ3n) is 3.14. The molecule has 0 aliphatic heterocycles. The third kappa shape index (κ3) is 2.84. The second-order valence-electron chi connectivity index (χ2n) is 4.65. The molecule has 0 saturated carbocycles. The van der Waals surface area contributed by atoms with Crippen LogP contribution < -0.4 is 10.1 Å². The molecule has 0 unspecified atom stereocenters. The summed E-state index contributed by atoms with van der Waals surface area (Å²) in [5.41, 5.74) is 3.36. The quantitative estimate of drug-likeness (QED) is 0.913. The molecule has 4 heteroatoms. The van der Waals surface area contributed by atoms with E-state index in [1.165, 1.54) is 11.1 Å².